The van der Waals surface area contributed by atoms with Crippen molar-refractivity contribution in [2.24, 2.45) is 5.92 Å². The lowest BCUT2D eigenvalue weighted by Gasteiger charge is -2.21. The van der Waals surface area contributed by atoms with Crippen molar-refractivity contribution in [3.05, 3.63) is 0 Å². The van der Waals surface area contributed by atoms with Crippen LogP contribution in [0.3, 0.4) is 0 Å². The standard InChI is InChI=1S/C12H23F3O/c1-3-5-7-10(4-2)11(16)8-6-9-12(13,14)15/h10-11,16H,3-9H2,1-2H3. The van der Waals surface area contributed by atoms with Crippen LogP contribution in [-0.2, 0) is 0 Å². The maximum atomic E-state index is 11.9. The van der Waals surface area contributed by atoms with Crippen LogP contribution >= 0.6 is 0 Å². The van der Waals surface area contributed by atoms with Crippen molar-refractivity contribution in [1.29, 1.82) is 0 Å². The molecule has 0 heterocycles. The second-order valence-corrected chi connectivity index (χ2v) is 4.39. The minimum atomic E-state index is -4.09. The van der Waals surface area contributed by atoms with E-state index in [0.717, 1.165) is 25.7 Å². The van der Waals surface area contributed by atoms with E-state index >= 15 is 0 Å². The topological polar surface area (TPSA) is 20.2 Å². The van der Waals surface area contributed by atoms with Crippen molar-refractivity contribution >= 4 is 0 Å². The van der Waals surface area contributed by atoms with E-state index in [-0.39, 0.29) is 18.8 Å². The van der Waals surface area contributed by atoms with Gasteiger partial charge in [0.05, 0.1) is 6.10 Å². The Morgan fingerprint density at radius 3 is 2.12 bits per heavy atom. The van der Waals surface area contributed by atoms with Crippen LogP contribution in [0.2, 0.25) is 0 Å². The molecule has 0 bridgehead atoms. The average Bonchev–Trinajstić information content (AvgIpc) is 2.17. The highest BCUT2D eigenvalue weighted by molar-refractivity contribution is 4.68. The number of unbranched alkanes of at least 4 members (excludes halogenated alkanes) is 1. The summed E-state index contributed by atoms with van der Waals surface area (Å²) in [5.41, 5.74) is 0. The first-order chi connectivity index (χ1) is 7.40. The van der Waals surface area contributed by atoms with Gasteiger partial charge in [-0.25, -0.2) is 0 Å². The molecule has 0 aliphatic carbocycles. The molecule has 2 unspecified atom stereocenters. The molecule has 0 aromatic heterocycles. The zero-order chi connectivity index (χ0) is 12.6. The molecule has 0 spiro atoms. The van der Waals surface area contributed by atoms with Gasteiger partial charge in [0.15, 0.2) is 0 Å². The molecule has 0 amide bonds. The molecule has 0 aromatic carbocycles. The summed E-state index contributed by atoms with van der Waals surface area (Å²) >= 11 is 0. The Hall–Kier alpha value is -0.250. The van der Waals surface area contributed by atoms with Crippen molar-refractivity contribution in [2.75, 3.05) is 0 Å². The Balaban J connectivity index is 3.79. The lowest BCUT2D eigenvalue weighted by atomic mass is 9.90. The highest BCUT2D eigenvalue weighted by atomic mass is 19.4. The van der Waals surface area contributed by atoms with E-state index in [1.54, 1.807) is 0 Å². The Labute approximate surface area is 96.0 Å². The number of hydrogen-bond donors (Lipinski definition) is 1. The van der Waals surface area contributed by atoms with Crippen LogP contribution in [0, 0.1) is 5.92 Å². The molecule has 1 nitrogen and oxygen atoms in total. The minimum Gasteiger partial charge on any atom is -0.393 e. The van der Waals surface area contributed by atoms with E-state index < -0.39 is 18.7 Å². The normalized spacial score (nSPS) is 16.1. The predicted molar refractivity (Wildman–Crippen MR) is 59.2 cm³/mol. The molecular weight excluding hydrogens is 217 g/mol. The Kier molecular flexibility index (Phi) is 7.81. The molecule has 2 atom stereocenters. The van der Waals surface area contributed by atoms with Crippen LogP contribution in [0.1, 0.15) is 58.8 Å². The third kappa shape index (κ3) is 7.97. The summed E-state index contributed by atoms with van der Waals surface area (Å²) in [7, 11) is 0. The minimum absolute atomic E-state index is 0.0350. The predicted octanol–water partition coefficient (Wildman–Crippen LogP) is 4.30. The van der Waals surface area contributed by atoms with E-state index in [2.05, 4.69) is 6.92 Å². The van der Waals surface area contributed by atoms with Gasteiger partial charge in [0.1, 0.15) is 0 Å². The molecule has 0 fully saturated rings. The van der Waals surface area contributed by atoms with Gasteiger partial charge >= 0.3 is 6.18 Å². The van der Waals surface area contributed by atoms with Gasteiger partial charge in [-0.05, 0) is 25.2 Å². The summed E-state index contributed by atoms with van der Waals surface area (Å²) in [6.07, 6.45) is -1.29. The summed E-state index contributed by atoms with van der Waals surface area (Å²) in [5, 5.41) is 9.77. The smallest absolute Gasteiger partial charge is 0.389 e. The van der Waals surface area contributed by atoms with Gasteiger partial charge in [-0.2, -0.15) is 13.2 Å². The maximum Gasteiger partial charge on any atom is 0.389 e. The first kappa shape index (κ1) is 15.8. The third-order valence-corrected chi connectivity index (χ3v) is 2.96. The number of aliphatic hydroxyl groups excluding tert-OH is 1. The van der Waals surface area contributed by atoms with Crippen molar-refractivity contribution in [3.8, 4) is 0 Å². The van der Waals surface area contributed by atoms with Crippen LogP contribution in [0.25, 0.3) is 0 Å². The first-order valence-electron chi connectivity index (χ1n) is 6.15. The van der Waals surface area contributed by atoms with Crippen molar-refractivity contribution in [3.63, 3.8) is 0 Å². The summed E-state index contributed by atoms with van der Waals surface area (Å²) in [6.45, 7) is 4.05. The molecule has 0 aliphatic rings. The fraction of sp³-hybridized carbons (Fsp3) is 1.00. The fourth-order valence-electron chi connectivity index (χ4n) is 1.88. The van der Waals surface area contributed by atoms with Crippen molar-refractivity contribution < 1.29 is 18.3 Å². The Bertz CT molecular complexity index is 168. The summed E-state index contributed by atoms with van der Waals surface area (Å²) < 4.78 is 35.7. The number of hydrogen-bond acceptors (Lipinski definition) is 1. The van der Waals surface area contributed by atoms with Crippen LogP contribution in [0.4, 0.5) is 13.2 Å². The largest absolute Gasteiger partial charge is 0.393 e. The number of alkyl halides is 3. The second-order valence-electron chi connectivity index (χ2n) is 4.39. The lowest BCUT2D eigenvalue weighted by Crippen LogP contribution is -2.20. The molecule has 0 saturated heterocycles. The molecular formula is C12H23F3O. The van der Waals surface area contributed by atoms with E-state index in [1.165, 1.54) is 0 Å². The monoisotopic (exact) mass is 240 g/mol. The van der Waals surface area contributed by atoms with Gasteiger partial charge in [0.2, 0.25) is 0 Å². The van der Waals surface area contributed by atoms with Crippen LogP contribution < -0.4 is 0 Å². The molecule has 98 valence electrons. The third-order valence-electron chi connectivity index (χ3n) is 2.96. The van der Waals surface area contributed by atoms with E-state index in [1.807, 2.05) is 6.92 Å². The second kappa shape index (κ2) is 7.93. The summed E-state index contributed by atoms with van der Waals surface area (Å²) in [4.78, 5) is 0. The first-order valence-corrected chi connectivity index (χ1v) is 6.15. The van der Waals surface area contributed by atoms with Crippen LogP contribution in [0.15, 0.2) is 0 Å². The van der Waals surface area contributed by atoms with Gasteiger partial charge in [-0.1, -0.05) is 33.1 Å². The zero-order valence-corrected chi connectivity index (χ0v) is 10.2. The quantitative estimate of drug-likeness (QED) is 0.670. The van der Waals surface area contributed by atoms with Crippen molar-refractivity contribution in [1.82, 2.24) is 0 Å². The van der Waals surface area contributed by atoms with Gasteiger partial charge in [-0.15, -0.1) is 0 Å². The van der Waals surface area contributed by atoms with E-state index in [9.17, 15) is 18.3 Å². The van der Waals surface area contributed by atoms with Crippen LogP contribution in [0.5, 0.6) is 0 Å². The highest BCUT2D eigenvalue weighted by Crippen LogP contribution is 2.25. The molecule has 4 heteroatoms. The number of aliphatic hydroxyl groups is 1. The summed E-state index contributed by atoms with van der Waals surface area (Å²) in [5.74, 6) is 0.160. The van der Waals surface area contributed by atoms with Crippen LogP contribution in [-0.4, -0.2) is 17.4 Å². The lowest BCUT2D eigenvalue weighted by molar-refractivity contribution is -0.136. The maximum absolute atomic E-state index is 11.9. The molecule has 0 rings (SSSR count). The zero-order valence-electron chi connectivity index (χ0n) is 10.2. The SMILES string of the molecule is CCCCC(CC)C(O)CCCC(F)(F)F. The number of rotatable bonds is 8. The van der Waals surface area contributed by atoms with Gasteiger partial charge in [0, 0.05) is 6.42 Å². The van der Waals surface area contributed by atoms with Gasteiger partial charge in [0.25, 0.3) is 0 Å². The fourth-order valence-corrected chi connectivity index (χ4v) is 1.88. The number of halogens is 3. The molecule has 0 aromatic rings. The van der Waals surface area contributed by atoms with E-state index in [4.69, 9.17) is 0 Å². The Morgan fingerprint density at radius 1 is 1.06 bits per heavy atom. The molecule has 16 heavy (non-hydrogen) atoms. The highest BCUT2D eigenvalue weighted by Gasteiger charge is 2.27. The molecule has 0 aliphatic heterocycles. The van der Waals surface area contributed by atoms with Crippen molar-refractivity contribution in [2.45, 2.75) is 71.1 Å². The van der Waals surface area contributed by atoms with Gasteiger partial charge in [-0.3, -0.25) is 0 Å². The van der Waals surface area contributed by atoms with E-state index in [0.29, 0.717) is 0 Å². The molecule has 1 N–H and O–H groups in total. The Morgan fingerprint density at radius 2 is 1.69 bits per heavy atom. The van der Waals surface area contributed by atoms with Gasteiger partial charge < -0.3 is 5.11 Å². The summed E-state index contributed by atoms with van der Waals surface area (Å²) in [6, 6.07) is 0. The molecule has 0 radical (unpaired) electrons. The average molecular weight is 240 g/mol. The molecule has 0 saturated carbocycles.